The molecule has 0 spiro atoms. The highest BCUT2D eigenvalue weighted by Gasteiger charge is 2.30. The Balaban J connectivity index is 2.02. The summed E-state index contributed by atoms with van der Waals surface area (Å²) in [6.07, 6.45) is 1.78. The number of nitrogens with two attached hydrogens (primary N) is 1. The molecule has 2 rings (SSSR count). The normalized spacial score (nSPS) is 12.8. The minimum absolute atomic E-state index is 0.0276. The number of benzene rings is 1. The van der Waals surface area contributed by atoms with Crippen LogP contribution < -0.4 is 11.1 Å². The Kier molecular flexibility index (Phi) is 5.73. The SMILES string of the molecule is CC[C@@H](NC(=O)[CH]C[Si](C)(C)C(N)=O)C(=O)c1nc2ccccc2o1. The Hall–Kier alpha value is -2.48. The number of ketones is 1. The number of amides is 2. The summed E-state index contributed by atoms with van der Waals surface area (Å²) in [5, 5.41) is 2.65. The minimum atomic E-state index is -2.31. The van der Waals surface area contributed by atoms with Crippen LogP contribution in [0.3, 0.4) is 0 Å². The molecule has 1 heterocycles. The lowest BCUT2D eigenvalue weighted by atomic mass is 10.1. The van der Waals surface area contributed by atoms with Crippen molar-refractivity contribution >= 4 is 36.4 Å². The number of carbonyl (C=O) groups excluding carboxylic acids is 3. The van der Waals surface area contributed by atoms with E-state index < -0.39 is 20.0 Å². The van der Waals surface area contributed by atoms with Gasteiger partial charge >= 0.3 is 0 Å². The Morgan fingerprint density at radius 1 is 1.32 bits per heavy atom. The van der Waals surface area contributed by atoms with Crippen molar-refractivity contribution in [2.24, 2.45) is 5.73 Å². The first-order chi connectivity index (χ1) is 11.7. The lowest BCUT2D eigenvalue weighted by molar-refractivity contribution is -0.118. The Bertz CT molecular complexity index is 767. The third kappa shape index (κ3) is 4.53. The standard InChI is InChI=1S/C17H22N3O4Si/c1-4-11(19-14(21)9-10-25(2,3)17(18)23)15(22)16-20-12-7-5-6-8-13(12)24-16/h5-9,11H,4,10H2,1-3H3,(H2,18,23)(H,19,21)/t11-/m1/s1. The van der Waals surface area contributed by atoms with E-state index in [4.69, 9.17) is 10.2 Å². The maximum atomic E-state index is 12.5. The van der Waals surface area contributed by atoms with Gasteiger partial charge in [0.25, 0.3) is 5.89 Å². The molecule has 0 saturated heterocycles. The van der Waals surface area contributed by atoms with E-state index in [9.17, 15) is 14.4 Å². The zero-order valence-electron chi connectivity index (χ0n) is 14.5. The summed E-state index contributed by atoms with van der Waals surface area (Å²) >= 11 is 0. The zero-order chi connectivity index (χ0) is 18.6. The number of primary amides is 1. The average Bonchev–Trinajstić information content (AvgIpc) is 3.01. The summed E-state index contributed by atoms with van der Waals surface area (Å²) in [5.41, 5.74) is 6.10. The molecule has 0 aliphatic carbocycles. The van der Waals surface area contributed by atoms with E-state index in [2.05, 4.69) is 10.3 Å². The van der Waals surface area contributed by atoms with Crippen molar-refractivity contribution < 1.29 is 18.8 Å². The monoisotopic (exact) mass is 360 g/mol. The molecule has 8 heteroatoms. The average molecular weight is 360 g/mol. The number of nitrogens with zero attached hydrogens (tertiary/aromatic N) is 1. The van der Waals surface area contributed by atoms with E-state index in [1.165, 1.54) is 6.42 Å². The van der Waals surface area contributed by atoms with Gasteiger partial charge in [0.2, 0.25) is 11.7 Å². The van der Waals surface area contributed by atoms with Gasteiger partial charge in [-0.05, 0) is 24.6 Å². The molecule has 1 atom stereocenters. The minimum Gasteiger partial charge on any atom is -0.434 e. The van der Waals surface area contributed by atoms with Gasteiger partial charge in [-0.1, -0.05) is 32.2 Å². The number of rotatable bonds is 8. The van der Waals surface area contributed by atoms with Crippen molar-refractivity contribution in [1.29, 1.82) is 0 Å². The Morgan fingerprint density at radius 3 is 2.60 bits per heavy atom. The van der Waals surface area contributed by atoms with Crippen molar-refractivity contribution in [3.05, 3.63) is 36.6 Å². The first-order valence-electron chi connectivity index (χ1n) is 8.08. The number of fused-ring (bicyclic) bond motifs is 1. The summed E-state index contributed by atoms with van der Waals surface area (Å²) in [6, 6.07) is 6.65. The van der Waals surface area contributed by atoms with Crippen LogP contribution >= 0.6 is 0 Å². The van der Waals surface area contributed by atoms with Gasteiger partial charge < -0.3 is 15.5 Å². The predicted octanol–water partition coefficient (Wildman–Crippen LogP) is 2.48. The third-order valence-corrected chi connectivity index (χ3v) is 6.57. The van der Waals surface area contributed by atoms with Gasteiger partial charge in [0.05, 0.1) is 6.04 Å². The molecular weight excluding hydrogens is 338 g/mol. The molecule has 0 aliphatic heterocycles. The first-order valence-corrected chi connectivity index (χ1v) is 11.3. The smallest absolute Gasteiger partial charge is 0.266 e. The molecule has 0 bridgehead atoms. The molecular formula is C17H22N3O4Si. The lowest BCUT2D eigenvalue weighted by Crippen LogP contribution is -2.45. The predicted molar refractivity (Wildman–Crippen MR) is 96.7 cm³/mol. The van der Waals surface area contributed by atoms with Crippen LogP contribution in [0.1, 0.15) is 24.0 Å². The van der Waals surface area contributed by atoms with E-state index in [0.717, 1.165) is 0 Å². The topological polar surface area (TPSA) is 115 Å². The van der Waals surface area contributed by atoms with Gasteiger partial charge in [0.15, 0.2) is 19.2 Å². The second-order valence-corrected chi connectivity index (χ2v) is 11.1. The molecule has 1 aromatic carbocycles. The van der Waals surface area contributed by atoms with Crippen molar-refractivity contribution in [2.45, 2.75) is 38.5 Å². The maximum Gasteiger partial charge on any atom is 0.266 e. The van der Waals surface area contributed by atoms with Crippen molar-refractivity contribution in [3.63, 3.8) is 0 Å². The number of aromatic nitrogens is 1. The molecule has 3 N–H and O–H groups in total. The molecule has 1 aromatic heterocycles. The highest BCUT2D eigenvalue weighted by Crippen LogP contribution is 2.17. The molecule has 0 saturated carbocycles. The highest BCUT2D eigenvalue weighted by atomic mass is 28.3. The fourth-order valence-corrected chi connectivity index (χ4v) is 3.06. The highest BCUT2D eigenvalue weighted by molar-refractivity contribution is 7.04. The zero-order valence-corrected chi connectivity index (χ0v) is 15.5. The number of oxazole rings is 1. The molecule has 2 amide bonds. The first kappa shape index (κ1) is 18.8. The second-order valence-electron chi connectivity index (χ2n) is 6.48. The van der Waals surface area contributed by atoms with E-state index in [1.54, 1.807) is 44.3 Å². The summed E-state index contributed by atoms with van der Waals surface area (Å²) in [6.45, 7) is 5.37. The molecule has 0 aliphatic rings. The van der Waals surface area contributed by atoms with Gasteiger partial charge in [-0.15, -0.1) is 0 Å². The van der Waals surface area contributed by atoms with Gasteiger partial charge in [-0.25, -0.2) is 4.98 Å². The molecule has 0 fully saturated rings. The molecule has 2 aromatic rings. The van der Waals surface area contributed by atoms with E-state index >= 15 is 0 Å². The van der Waals surface area contributed by atoms with Crippen molar-refractivity contribution in [3.8, 4) is 0 Å². The van der Waals surface area contributed by atoms with E-state index in [0.29, 0.717) is 23.6 Å². The van der Waals surface area contributed by atoms with Gasteiger partial charge in [-0.2, -0.15) is 0 Å². The maximum absolute atomic E-state index is 12.5. The second kappa shape index (κ2) is 7.60. The van der Waals surface area contributed by atoms with Crippen LogP contribution in [0, 0.1) is 6.42 Å². The third-order valence-electron chi connectivity index (χ3n) is 4.01. The summed E-state index contributed by atoms with van der Waals surface area (Å²) < 4.78 is 5.46. The molecule has 133 valence electrons. The number of para-hydroxylation sites is 2. The number of carbonyl (C=O) groups is 3. The Morgan fingerprint density at radius 2 is 2.00 bits per heavy atom. The number of hydrogen-bond acceptors (Lipinski definition) is 5. The van der Waals surface area contributed by atoms with Crippen LogP contribution in [0.4, 0.5) is 4.79 Å². The molecule has 1 radical (unpaired) electrons. The van der Waals surface area contributed by atoms with Crippen LogP contribution in [0.2, 0.25) is 19.1 Å². The van der Waals surface area contributed by atoms with E-state index in [-0.39, 0.29) is 17.2 Å². The molecule has 25 heavy (non-hydrogen) atoms. The summed E-state index contributed by atoms with van der Waals surface area (Å²) in [5.74, 6) is -0.815. The van der Waals surface area contributed by atoms with Crippen LogP contribution in [0.15, 0.2) is 28.7 Å². The van der Waals surface area contributed by atoms with Gasteiger partial charge in [0.1, 0.15) is 5.52 Å². The Labute approximate surface area is 147 Å². The largest absolute Gasteiger partial charge is 0.434 e. The fraction of sp³-hybridized carbons (Fsp3) is 0.353. The van der Waals surface area contributed by atoms with E-state index in [1.807, 2.05) is 0 Å². The van der Waals surface area contributed by atoms with Gasteiger partial charge in [-0.3, -0.25) is 14.4 Å². The lowest BCUT2D eigenvalue weighted by Gasteiger charge is -2.18. The summed E-state index contributed by atoms with van der Waals surface area (Å²) in [7, 11) is -2.31. The summed E-state index contributed by atoms with van der Waals surface area (Å²) in [4.78, 5) is 40.1. The molecule has 0 unspecified atom stereocenters. The number of hydrogen-bond donors (Lipinski definition) is 2. The number of Topliss-reactive ketones (excluding diaryl/α,β-unsaturated/α-hetero) is 1. The van der Waals surface area contributed by atoms with Crippen LogP contribution in [-0.2, 0) is 4.79 Å². The van der Waals surface area contributed by atoms with Crippen molar-refractivity contribution in [2.75, 3.05) is 0 Å². The van der Waals surface area contributed by atoms with Crippen LogP contribution in [-0.4, -0.2) is 36.3 Å². The van der Waals surface area contributed by atoms with Crippen LogP contribution in [0.25, 0.3) is 11.1 Å². The molecule has 7 nitrogen and oxygen atoms in total. The fourth-order valence-electron chi connectivity index (χ4n) is 2.16. The quantitative estimate of drug-likeness (QED) is 0.554. The number of nitrogens with one attached hydrogen (secondary N) is 1. The van der Waals surface area contributed by atoms with Crippen molar-refractivity contribution in [1.82, 2.24) is 10.3 Å². The van der Waals surface area contributed by atoms with Gasteiger partial charge in [0, 0.05) is 6.42 Å². The van der Waals surface area contributed by atoms with Crippen LogP contribution in [0.5, 0.6) is 0 Å².